The van der Waals surface area contributed by atoms with Crippen molar-refractivity contribution in [2.45, 2.75) is 32.2 Å². The summed E-state index contributed by atoms with van der Waals surface area (Å²) >= 11 is 0. The summed E-state index contributed by atoms with van der Waals surface area (Å²) in [6.07, 6.45) is 0.883. The number of amides is 3. The molecule has 0 bridgehead atoms. The summed E-state index contributed by atoms with van der Waals surface area (Å²) in [5.74, 6) is -2.91. The van der Waals surface area contributed by atoms with E-state index in [1.54, 1.807) is 6.92 Å². The fraction of sp³-hybridized carbons (Fsp3) is 0.636. The van der Waals surface area contributed by atoms with Crippen molar-refractivity contribution in [3.05, 3.63) is 0 Å². The quantitative estimate of drug-likeness (QED) is 0.502. The van der Waals surface area contributed by atoms with Crippen molar-refractivity contribution in [1.82, 2.24) is 10.2 Å². The van der Waals surface area contributed by atoms with Gasteiger partial charge in [-0.2, -0.15) is 0 Å². The van der Waals surface area contributed by atoms with Gasteiger partial charge in [0.05, 0.1) is 0 Å². The Kier molecular flexibility index (Phi) is 2.84. The molecule has 1 aliphatic heterocycles. The average Bonchev–Trinajstić information content (AvgIpc) is 3.08. The van der Waals surface area contributed by atoms with Crippen LogP contribution in [0.5, 0.6) is 0 Å². The van der Waals surface area contributed by atoms with Gasteiger partial charge in [-0.05, 0) is 19.3 Å². The van der Waals surface area contributed by atoms with Crippen molar-refractivity contribution >= 4 is 23.7 Å². The van der Waals surface area contributed by atoms with Gasteiger partial charge in [0.25, 0.3) is 0 Å². The number of carboxylic acid groups (broad SMARTS) is 1. The van der Waals surface area contributed by atoms with E-state index in [4.69, 9.17) is 5.11 Å². The van der Waals surface area contributed by atoms with Crippen LogP contribution in [0, 0.1) is 5.41 Å². The van der Waals surface area contributed by atoms with Gasteiger partial charge >= 0.3 is 5.97 Å². The molecule has 7 heteroatoms. The van der Waals surface area contributed by atoms with Crippen molar-refractivity contribution in [1.29, 1.82) is 0 Å². The molecule has 1 unspecified atom stereocenters. The first-order valence-electron chi connectivity index (χ1n) is 5.80. The molecule has 1 atom stereocenters. The lowest BCUT2D eigenvalue weighted by atomic mass is 10.0. The predicted octanol–water partition coefficient (Wildman–Crippen LogP) is -0.885. The first-order chi connectivity index (χ1) is 8.42. The monoisotopic (exact) mass is 254 g/mol. The highest BCUT2D eigenvalue weighted by atomic mass is 16.4. The Morgan fingerprint density at radius 1 is 1.44 bits per heavy atom. The van der Waals surface area contributed by atoms with Gasteiger partial charge in [0.1, 0.15) is 18.0 Å². The first-order valence-corrected chi connectivity index (χ1v) is 5.80. The summed E-state index contributed by atoms with van der Waals surface area (Å²) in [6.45, 7) is 1.46. The summed E-state index contributed by atoms with van der Waals surface area (Å²) in [5, 5.41) is 11.2. The summed E-state index contributed by atoms with van der Waals surface area (Å²) in [5.41, 5.74) is -1.41. The smallest absolute Gasteiger partial charge is 0.319 e. The van der Waals surface area contributed by atoms with Crippen LogP contribution >= 0.6 is 0 Å². The maximum atomic E-state index is 12.2. The molecule has 0 radical (unpaired) electrons. The van der Waals surface area contributed by atoms with E-state index in [0.29, 0.717) is 6.42 Å². The van der Waals surface area contributed by atoms with Crippen LogP contribution in [0.15, 0.2) is 0 Å². The molecule has 7 nitrogen and oxygen atoms in total. The maximum absolute atomic E-state index is 12.2. The molecule has 0 aromatic carbocycles. The number of hydrogen-bond donors (Lipinski definition) is 2. The minimum atomic E-state index is -1.41. The topological polar surface area (TPSA) is 104 Å². The molecule has 2 aliphatic rings. The van der Waals surface area contributed by atoms with Crippen LogP contribution in [0.3, 0.4) is 0 Å². The highest BCUT2D eigenvalue weighted by Crippen LogP contribution is 2.48. The fourth-order valence-corrected chi connectivity index (χ4v) is 2.20. The van der Waals surface area contributed by atoms with Gasteiger partial charge in [-0.3, -0.25) is 24.5 Å². The van der Waals surface area contributed by atoms with Crippen molar-refractivity contribution < 1.29 is 24.3 Å². The number of rotatable bonds is 3. The zero-order chi connectivity index (χ0) is 13.5. The Bertz CT molecular complexity index is 441. The molecule has 2 fully saturated rings. The number of aliphatic carboxylic acids is 1. The van der Waals surface area contributed by atoms with Crippen molar-refractivity contribution in [3.63, 3.8) is 0 Å². The number of nitrogens with one attached hydrogen (secondary N) is 1. The van der Waals surface area contributed by atoms with Gasteiger partial charge in [-0.25, -0.2) is 0 Å². The number of carbonyl (C=O) groups excluding carboxylic acids is 3. The van der Waals surface area contributed by atoms with Crippen LogP contribution in [0.4, 0.5) is 0 Å². The second-order valence-electron chi connectivity index (χ2n) is 4.66. The summed E-state index contributed by atoms with van der Waals surface area (Å²) < 4.78 is 0. The van der Waals surface area contributed by atoms with Gasteiger partial charge in [0.15, 0.2) is 0 Å². The van der Waals surface area contributed by atoms with Crippen LogP contribution in [-0.4, -0.2) is 46.3 Å². The van der Waals surface area contributed by atoms with Crippen LogP contribution in [0.2, 0.25) is 0 Å². The maximum Gasteiger partial charge on any atom is 0.319 e. The van der Waals surface area contributed by atoms with E-state index in [-0.39, 0.29) is 19.4 Å². The Hall–Kier alpha value is -1.92. The van der Waals surface area contributed by atoms with E-state index in [9.17, 15) is 19.2 Å². The lowest BCUT2D eigenvalue weighted by Crippen LogP contribution is -2.61. The van der Waals surface area contributed by atoms with Crippen molar-refractivity contribution in [2.75, 3.05) is 6.54 Å². The van der Waals surface area contributed by atoms with Gasteiger partial charge in [-0.15, -0.1) is 0 Å². The molecule has 0 spiro atoms. The number of carboxylic acids is 1. The lowest BCUT2D eigenvalue weighted by molar-refractivity contribution is -0.160. The van der Waals surface area contributed by atoms with Gasteiger partial charge in [0, 0.05) is 0 Å². The third-order valence-corrected chi connectivity index (χ3v) is 3.47. The molecule has 1 saturated carbocycles. The van der Waals surface area contributed by atoms with E-state index in [2.05, 4.69) is 5.32 Å². The lowest BCUT2D eigenvalue weighted by Gasteiger charge is -2.34. The molecular weight excluding hydrogens is 240 g/mol. The highest BCUT2D eigenvalue weighted by Gasteiger charge is 2.60. The van der Waals surface area contributed by atoms with Gasteiger partial charge in [0.2, 0.25) is 17.7 Å². The van der Waals surface area contributed by atoms with E-state index < -0.39 is 35.1 Å². The molecular formula is C11H14N2O5. The SMILES string of the molecule is CCC1C(=O)NC(=O)CN1C(=O)C1(C(=O)O)CC1. The Balaban J connectivity index is 2.25. The summed E-state index contributed by atoms with van der Waals surface area (Å²) in [4.78, 5) is 47.3. The number of imide groups is 1. The van der Waals surface area contributed by atoms with Crippen molar-refractivity contribution in [2.24, 2.45) is 5.41 Å². The molecule has 98 valence electrons. The number of hydrogen-bond acceptors (Lipinski definition) is 4. The minimum absolute atomic E-state index is 0.252. The van der Waals surface area contributed by atoms with Gasteiger partial charge < -0.3 is 10.0 Å². The second-order valence-corrected chi connectivity index (χ2v) is 4.66. The summed E-state index contributed by atoms with van der Waals surface area (Å²) in [6, 6.07) is -0.757. The molecule has 0 aromatic rings. The normalized spacial score (nSPS) is 25.6. The van der Waals surface area contributed by atoms with Crippen LogP contribution in [0.1, 0.15) is 26.2 Å². The van der Waals surface area contributed by atoms with E-state index >= 15 is 0 Å². The molecule has 2 rings (SSSR count). The standard InChI is InChI=1S/C11H14N2O5/c1-2-6-8(15)12-7(14)5-13(6)9(16)11(3-4-11)10(17)18/h6H,2-5H2,1H3,(H,17,18)(H,12,14,15). The summed E-state index contributed by atoms with van der Waals surface area (Å²) in [7, 11) is 0. The largest absolute Gasteiger partial charge is 0.480 e. The molecule has 18 heavy (non-hydrogen) atoms. The zero-order valence-electron chi connectivity index (χ0n) is 9.93. The van der Waals surface area contributed by atoms with Crippen LogP contribution in [-0.2, 0) is 19.2 Å². The Morgan fingerprint density at radius 2 is 2.06 bits per heavy atom. The number of piperazine rings is 1. The Labute approximate surface area is 103 Å². The molecule has 3 amide bonds. The molecule has 2 N–H and O–H groups in total. The molecule has 1 saturated heterocycles. The van der Waals surface area contributed by atoms with E-state index in [1.165, 1.54) is 0 Å². The van der Waals surface area contributed by atoms with Crippen LogP contribution < -0.4 is 5.32 Å². The highest BCUT2D eigenvalue weighted by molar-refractivity contribution is 6.10. The van der Waals surface area contributed by atoms with Gasteiger partial charge in [-0.1, -0.05) is 6.92 Å². The third kappa shape index (κ3) is 1.75. The first kappa shape index (κ1) is 12.5. The fourth-order valence-electron chi connectivity index (χ4n) is 2.20. The molecule has 0 aromatic heterocycles. The third-order valence-electron chi connectivity index (χ3n) is 3.47. The second kappa shape index (κ2) is 4.08. The average molecular weight is 254 g/mol. The van der Waals surface area contributed by atoms with E-state index in [0.717, 1.165) is 4.90 Å². The number of nitrogens with zero attached hydrogens (tertiary/aromatic N) is 1. The number of carbonyl (C=O) groups is 4. The Morgan fingerprint density at radius 3 is 2.50 bits per heavy atom. The van der Waals surface area contributed by atoms with Crippen molar-refractivity contribution in [3.8, 4) is 0 Å². The molecule has 1 heterocycles. The predicted molar refractivity (Wildman–Crippen MR) is 58.2 cm³/mol. The minimum Gasteiger partial charge on any atom is -0.480 e. The zero-order valence-corrected chi connectivity index (χ0v) is 9.93. The van der Waals surface area contributed by atoms with E-state index in [1.807, 2.05) is 0 Å². The molecule has 1 aliphatic carbocycles. The van der Waals surface area contributed by atoms with Crippen LogP contribution in [0.25, 0.3) is 0 Å².